The number of nitrogens with zero attached hydrogens (tertiary/aromatic N) is 2. The smallest absolute Gasteiger partial charge is 0.288 e. The maximum atomic E-state index is 13.1. The summed E-state index contributed by atoms with van der Waals surface area (Å²) in [4.78, 5) is 25.1. The largest absolute Gasteiger partial charge is 0.334 e. The Morgan fingerprint density at radius 2 is 1.93 bits per heavy atom. The van der Waals surface area contributed by atoms with E-state index in [1.165, 1.54) is 17.0 Å². The van der Waals surface area contributed by atoms with Crippen LogP contribution in [0.3, 0.4) is 0 Å². The van der Waals surface area contributed by atoms with Gasteiger partial charge in [0.05, 0.1) is 16.4 Å². The minimum absolute atomic E-state index is 0.0353. The summed E-state index contributed by atoms with van der Waals surface area (Å²) in [5, 5.41) is 11.1. The minimum Gasteiger partial charge on any atom is -0.334 e. The number of amides is 1. The first kappa shape index (κ1) is 20.3. The Hall–Kier alpha value is -2.45. The number of nitro benzene ring substituents is 1. The topological polar surface area (TPSA) is 97.6 Å². The lowest BCUT2D eigenvalue weighted by Gasteiger charge is -2.28. The van der Waals surface area contributed by atoms with Gasteiger partial charge < -0.3 is 4.90 Å². The van der Waals surface area contributed by atoms with Crippen LogP contribution in [0.5, 0.6) is 0 Å². The molecule has 0 aliphatic carbocycles. The number of nitro groups is 1. The lowest BCUT2D eigenvalue weighted by Crippen LogP contribution is -2.42. The zero-order valence-electron chi connectivity index (χ0n) is 15.0. The van der Waals surface area contributed by atoms with Crippen molar-refractivity contribution in [1.29, 1.82) is 0 Å². The molecule has 1 aliphatic rings. The number of rotatable bonds is 6. The number of carbonyl (C=O) groups is 1. The van der Waals surface area contributed by atoms with Gasteiger partial charge in [-0.15, -0.1) is 0 Å². The van der Waals surface area contributed by atoms with Crippen LogP contribution < -0.4 is 0 Å². The molecule has 28 heavy (non-hydrogen) atoms. The molecule has 1 fully saturated rings. The third-order valence-corrected chi connectivity index (χ3v) is 6.85. The van der Waals surface area contributed by atoms with Gasteiger partial charge in [0.25, 0.3) is 11.6 Å². The third kappa shape index (κ3) is 4.69. The first-order chi connectivity index (χ1) is 13.3. The van der Waals surface area contributed by atoms with Crippen molar-refractivity contribution in [2.24, 2.45) is 0 Å². The number of benzene rings is 2. The maximum Gasteiger partial charge on any atom is 0.288 e. The van der Waals surface area contributed by atoms with E-state index in [-0.39, 0.29) is 27.8 Å². The molecule has 0 spiro atoms. The normalized spacial score (nSPS) is 18.0. The fraction of sp³-hybridized carbons (Fsp3) is 0.316. The second kappa shape index (κ2) is 8.28. The van der Waals surface area contributed by atoms with Crippen LogP contribution in [-0.4, -0.2) is 48.2 Å². The first-order valence-electron chi connectivity index (χ1n) is 8.76. The molecule has 1 heterocycles. The van der Waals surface area contributed by atoms with Crippen LogP contribution >= 0.6 is 11.6 Å². The van der Waals surface area contributed by atoms with Crippen molar-refractivity contribution in [3.05, 3.63) is 74.8 Å². The van der Waals surface area contributed by atoms with E-state index < -0.39 is 26.7 Å². The molecule has 2 aromatic carbocycles. The van der Waals surface area contributed by atoms with Crippen LogP contribution in [0.1, 0.15) is 22.3 Å². The lowest BCUT2D eigenvalue weighted by molar-refractivity contribution is -0.384. The average Bonchev–Trinajstić information content (AvgIpc) is 3.02. The van der Waals surface area contributed by atoms with Gasteiger partial charge in [-0.05, 0) is 30.5 Å². The van der Waals surface area contributed by atoms with Crippen molar-refractivity contribution in [3.8, 4) is 0 Å². The Balaban J connectivity index is 1.88. The Morgan fingerprint density at radius 3 is 2.54 bits per heavy atom. The van der Waals surface area contributed by atoms with Crippen molar-refractivity contribution in [2.45, 2.75) is 18.9 Å². The second-order valence-electron chi connectivity index (χ2n) is 6.71. The van der Waals surface area contributed by atoms with Crippen LogP contribution in [0.2, 0.25) is 5.02 Å². The summed E-state index contributed by atoms with van der Waals surface area (Å²) >= 11 is 5.84. The second-order valence-corrected chi connectivity index (χ2v) is 9.35. The van der Waals surface area contributed by atoms with E-state index in [0.717, 1.165) is 11.6 Å². The van der Waals surface area contributed by atoms with E-state index in [1.54, 1.807) is 0 Å². The van der Waals surface area contributed by atoms with Gasteiger partial charge in [-0.3, -0.25) is 14.9 Å². The SMILES string of the molecule is O=C(c1ccc(Cl)c([N+](=O)[O-])c1)N(CCc1ccccc1)C1CCS(=O)(=O)C1. The van der Waals surface area contributed by atoms with Gasteiger partial charge in [-0.2, -0.15) is 0 Å². The van der Waals surface area contributed by atoms with Crippen LogP contribution in [0, 0.1) is 10.1 Å². The molecule has 1 amide bonds. The Bertz CT molecular complexity index is 995. The van der Waals surface area contributed by atoms with Gasteiger partial charge in [0.2, 0.25) is 0 Å². The van der Waals surface area contributed by atoms with E-state index in [4.69, 9.17) is 11.6 Å². The van der Waals surface area contributed by atoms with Gasteiger partial charge >= 0.3 is 0 Å². The molecule has 0 saturated carbocycles. The van der Waals surface area contributed by atoms with Gasteiger partial charge in [0, 0.05) is 24.2 Å². The number of sulfone groups is 1. The van der Waals surface area contributed by atoms with Crippen LogP contribution in [-0.2, 0) is 16.3 Å². The summed E-state index contributed by atoms with van der Waals surface area (Å²) in [6, 6.07) is 13.0. The number of carbonyl (C=O) groups excluding carboxylic acids is 1. The van der Waals surface area contributed by atoms with E-state index in [0.29, 0.717) is 19.4 Å². The molecule has 1 atom stereocenters. The molecular weight excluding hydrogens is 404 g/mol. The summed E-state index contributed by atoms with van der Waals surface area (Å²) in [6.07, 6.45) is 0.914. The van der Waals surface area contributed by atoms with Gasteiger partial charge in [0.15, 0.2) is 9.84 Å². The summed E-state index contributed by atoms with van der Waals surface area (Å²) in [5.41, 5.74) is 0.784. The van der Waals surface area contributed by atoms with Gasteiger partial charge in [-0.25, -0.2) is 8.42 Å². The van der Waals surface area contributed by atoms with Crippen molar-refractivity contribution in [3.63, 3.8) is 0 Å². The molecule has 2 aromatic rings. The number of hydrogen-bond donors (Lipinski definition) is 0. The predicted octanol–water partition coefficient (Wildman–Crippen LogP) is 3.12. The Labute approximate surface area is 168 Å². The summed E-state index contributed by atoms with van der Waals surface area (Å²) in [6.45, 7) is 0.319. The summed E-state index contributed by atoms with van der Waals surface area (Å²) < 4.78 is 23.8. The molecule has 1 saturated heterocycles. The Morgan fingerprint density at radius 1 is 1.21 bits per heavy atom. The molecule has 148 valence electrons. The van der Waals surface area contributed by atoms with Crippen molar-refractivity contribution >= 4 is 33.0 Å². The van der Waals surface area contributed by atoms with Crippen molar-refractivity contribution in [2.75, 3.05) is 18.1 Å². The van der Waals surface area contributed by atoms with Crippen LogP contribution in [0.15, 0.2) is 48.5 Å². The van der Waals surface area contributed by atoms with Crippen LogP contribution in [0.4, 0.5) is 5.69 Å². The number of hydrogen-bond acceptors (Lipinski definition) is 5. The highest BCUT2D eigenvalue weighted by atomic mass is 35.5. The van der Waals surface area contributed by atoms with Gasteiger partial charge in [0.1, 0.15) is 5.02 Å². The van der Waals surface area contributed by atoms with Gasteiger partial charge in [-0.1, -0.05) is 41.9 Å². The van der Waals surface area contributed by atoms with Crippen LogP contribution in [0.25, 0.3) is 0 Å². The highest BCUT2D eigenvalue weighted by Crippen LogP contribution is 2.27. The van der Waals surface area contributed by atoms with E-state index in [9.17, 15) is 23.3 Å². The standard InChI is InChI=1S/C19H19ClN2O5S/c20-17-7-6-15(12-18(17)22(24)25)19(23)21(16-9-11-28(26,27)13-16)10-8-14-4-2-1-3-5-14/h1-7,12,16H,8-11,13H2. The van der Waals surface area contributed by atoms with E-state index >= 15 is 0 Å². The molecule has 1 aliphatic heterocycles. The molecule has 7 nitrogen and oxygen atoms in total. The first-order valence-corrected chi connectivity index (χ1v) is 11.0. The number of halogens is 1. The highest BCUT2D eigenvalue weighted by Gasteiger charge is 2.35. The molecular formula is C19H19ClN2O5S. The van der Waals surface area contributed by atoms with E-state index in [2.05, 4.69) is 0 Å². The quantitative estimate of drug-likeness (QED) is 0.526. The third-order valence-electron chi connectivity index (χ3n) is 4.78. The molecule has 0 radical (unpaired) electrons. The average molecular weight is 423 g/mol. The zero-order chi connectivity index (χ0) is 20.3. The minimum atomic E-state index is -3.19. The molecule has 1 unspecified atom stereocenters. The molecule has 0 bridgehead atoms. The molecule has 3 rings (SSSR count). The fourth-order valence-electron chi connectivity index (χ4n) is 3.32. The van der Waals surface area contributed by atoms with E-state index in [1.807, 2.05) is 30.3 Å². The Kier molecular flexibility index (Phi) is 6.00. The summed E-state index contributed by atoms with van der Waals surface area (Å²) in [5.74, 6) is -0.491. The zero-order valence-corrected chi connectivity index (χ0v) is 16.5. The molecule has 0 aromatic heterocycles. The monoisotopic (exact) mass is 422 g/mol. The fourth-order valence-corrected chi connectivity index (χ4v) is 5.23. The molecule has 0 N–H and O–H groups in total. The van der Waals surface area contributed by atoms with Crippen molar-refractivity contribution in [1.82, 2.24) is 4.90 Å². The predicted molar refractivity (Wildman–Crippen MR) is 106 cm³/mol. The highest BCUT2D eigenvalue weighted by molar-refractivity contribution is 7.91. The summed E-state index contributed by atoms with van der Waals surface area (Å²) in [7, 11) is -3.19. The molecule has 9 heteroatoms. The lowest BCUT2D eigenvalue weighted by atomic mass is 10.1. The maximum absolute atomic E-state index is 13.1. The van der Waals surface area contributed by atoms with Crippen molar-refractivity contribution < 1.29 is 18.1 Å².